The van der Waals surface area contributed by atoms with Gasteiger partial charge in [-0.2, -0.15) is 0 Å². The second kappa shape index (κ2) is 6.73. The number of nitrogens with one attached hydrogen (secondary N) is 1. The molecule has 2 aromatic carbocycles. The van der Waals surface area contributed by atoms with E-state index < -0.39 is 0 Å². The lowest BCUT2D eigenvalue weighted by Crippen LogP contribution is -2.38. The van der Waals surface area contributed by atoms with Crippen LogP contribution in [0.2, 0.25) is 0 Å². The maximum atomic E-state index is 13.9. The van der Waals surface area contributed by atoms with E-state index in [1.807, 2.05) is 23.1 Å². The van der Waals surface area contributed by atoms with Gasteiger partial charge in [0.2, 0.25) is 11.8 Å². The molecular formula is C23H23FN2O2. The number of carbonyl (C=O) groups excluding carboxylic acids is 2. The van der Waals surface area contributed by atoms with Crippen LogP contribution in [0.5, 0.6) is 0 Å². The molecule has 1 saturated heterocycles. The third-order valence-corrected chi connectivity index (χ3v) is 6.32. The fraction of sp³-hybridized carbons (Fsp3) is 0.391. The van der Waals surface area contributed by atoms with Crippen LogP contribution < -0.4 is 5.32 Å². The third-order valence-electron chi connectivity index (χ3n) is 6.32. The molecule has 1 heterocycles. The summed E-state index contributed by atoms with van der Waals surface area (Å²) in [7, 11) is 0. The van der Waals surface area contributed by atoms with E-state index in [1.165, 1.54) is 11.6 Å². The number of hydrogen-bond donors (Lipinski definition) is 1. The average molecular weight is 378 g/mol. The number of hydrogen-bond acceptors (Lipinski definition) is 2. The van der Waals surface area contributed by atoms with E-state index in [0.29, 0.717) is 30.9 Å². The number of benzene rings is 2. The van der Waals surface area contributed by atoms with Gasteiger partial charge in [-0.25, -0.2) is 4.39 Å². The van der Waals surface area contributed by atoms with Gasteiger partial charge in [-0.15, -0.1) is 0 Å². The molecule has 2 aliphatic carbocycles. The minimum Gasteiger partial charge on any atom is -0.351 e. The molecule has 5 heteroatoms. The van der Waals surface area contributed by atoms with Gasteiger partial charge < -0.3 is 10.2 Å². The van der Waals surface area contributed by atoms with Crippen LogP contribution in [-0.4, -0.2) is 35.3 Å². The zero-order chi connectivity index (χ0) is 19.3. The normalized spacial score (nSPS) is 31.0. The monoisotopic (exact) mass is 378 g/mol. The average Bonchev–Trinajstić information content (AvgIpc) is 3.61. The Balaban J connectivity index is 1.17. The first-order valence-electron chi connectivity index (χ1n) is 10.0. The molecule has 4 nitrogen and oxygen atoms in total. The minimum absolute atomic E-state index is 0.0414. The van der Waals surface area contributed by atoms with Gasteiger partial charge in [0.15, 0.2) is 0 Å². The summed E-state index contributed by atoms with van der Waals surface area (Å²) in [5.41, 5.74) is 1.90. The van der Waals surface area contributed by atoms with Crippen LogP contribution in [0.4, 0.5) is 4.39 Å². The molecule has 3 aliphatic rings. The van der Waals surface area contributed by atoms with Gasteiger partial charge in [0, 0.05) is 30.8 Å². The summed E-state index contributed by atoms with van der Waals surface area (Å²) in [5.74, 6) is 0.0111. The summed E-state index contributed by atoms with van der Waals surface area (Å²) in [6.07, 6.45) is 2.03. The van der Waals surface area contributed by atoms with Crippen LogP contribution >= 0.6 is 0 Å². The lowest BCUT2D eigenvalue weighted by atomic mass is 10.1. The molecule has 144 valence electrons. The van der Waals surface area contributed by atoms with Crippen LogP contribution in [0.25, 0.3) is 0 Å². The molecule has 2 saturated carbocycles. The Morgan fingerprint density at radius 1 is 1.00 bits per heavy atom. The molecule has 0 unspecified atom stereocenters. The predicted octanol–water partition coefficient (Wildman–Crippen LogP) is 3.20. The fourth-order valence-electron chi connectivity index (χ4n) is 4.65. The molecule has 5 rings (SSSR count). The van der Waals surface area contributed by atoms with E-state index in [0.717, 1.165) is 6.42 Å². The highest BCUT2D eigenvalue weighted by Crippen LogP contribution is 2.49. The van der Waals surface area contributed by atoms with Crippen molar-refractivity contribution in [1.29, 1.82) is 0 Å². The Bertz CT molecular complexity index is 916. The van der Waals surface area contributed by atoms with Crippen molar-refractivity contribution in [1.82, 2.24) is 10.2 Å². The zero-order valence-corrected chi connectivity index (χ0v) is 15.6. The quantitative estimate of drug-likeness (QED) is 0.869. The summed E-state index contributed by atoms with van der Waals surface area (Å²) in [6, 6.07) is 17.1. The Hall–Kier alpha value is -2.69. The van der Waals surface area contributed by atoms with Crippen molar-refractivity contribution in [2.45, 2.75) is 43.2 Å². The van der Waals surface area contributed by atoms with Gasteiger partial charge in [0.25, 0.3) is 0 Å². The predicted molar refractivity (Wildman–Crippen MR) is 103 cm³/mol. The number of likely N-dealkylation sites (tertiary alicyclic amines) is 1. The summed E-state index contributed by atoms with van der Waals surface area (Å²) in [6.45, 7) is 0.579. The van der Waals surface area contributed by atoms with Gasteiger partial charge in [-0.05, 0) is 36.0 Å². The van der Waals surface area contributed by atoms with Crippen molar-refractivity contribution in [3.8, 4) is 0 Å². The van der Waals surface area contributed by atoms with Gasteiger partial charge in [0.05, 0.1) is 6.04 Å². The first kappa shape index (κ1) is 17.4. The molecule has 0 spiro atoms. The topological polar surface area (TPSA) is 49.4 Å². The Morgan fingerprint density at radius 3 is 2.54 bits per heavy atom. The number of carbonyl (C=O) groups is 2. The van der Waals surface area contributed by atoms with E-state index in [4.69, 9.17) is 0 Å². The number of rotatable bonds is 5. The smallest absolute Gasteiger partial charge is 0.225 e. The molecule has 2 amide bonds. The van der Waals surface area contributed by atoms with Crippen molar-refractivity contribution < 1.29 is 14.0 Å². The number of halogens is 1. The largest absolute Gasteiger partial charge is 0.351 e. The molecule has 0 aromatic heterocycles. The zero-order valence-electron chi connectivity index (χ0n) is 15.6. The van der Waals surface area contributed by atoms with Crippen LogP contribution in [0.3, 0.4) is 0 Å². The van der Waals surface area contributed by atoms with Gasteiger partial charge in [0.1, 0.15) is 5.82 Å². The Morgan fingerprint density at radius 2 is 1.75 bits per heavy atom. The summed E-state index contributed by atoms with van der Waals surface area (Å²) < 4.78 is 13.9. The lowest BCUT2D eigenvalue weighted by molar-refractivity contribution is -0.128. The molecule has 1 aliphatic heterocycles. The van der Waals surface area contributed by atoms with Crippen LogP contribution in [0.15, 0.2) is 54.6 Å². The molecular weight excluding hydrogens is 355 g/mol. The second-order valence-corrected chi connectivity index (χ2v) is 8.25. The highest BCUT2D eigenvalue weighted by Gasteiger charge is 2.49. The maximum Gasteiger partial charge on any atom is 0.225 e. The van der Waals surface area contributed by atoms with Crippen molar-refractivity contribution in [3.05, 3.63) is 71.5 Å². The van der Waals surface area contributed by atoms with Crippen molar-refractivity contribution in [2.75, 3.05) is 6.54 Å². The Kier molecular flexibility index (Phi) is 4.18. The van der Waals surface area contributed by atoms with Crippen molar-refractivity contribution >= 4 is 11.8 Å². The summed E-state index contributed by atoms with van der Waals surface area (Å²) in [5, 5.41) is 3.03. The first-order chi connectivity index (χ1) is 13.6. The highest BCUT2D eigenvalue weighted by atomic mass is 19.1. The van der Waals surface area contributed by atoms with Crippen LogP contribution in [-0.2, 0) is 9.59 Å². The highest BCUT2D eigenvalue weighted by molar-refractivity contribution is 5.86. The third kappa shape index (κ3) is 3.19. The fourth-order valence-corrected chi connectivity index (χ4v) is 4.65. The molecule has 0 bridgehead atoms. The van der Waals surface area contributed by atoms with E-state index in [1.54, 1.807) is 18.2 Å². The van der Waals surface area contributed by atoms with E-state index in [-0.39, 0.29) is 41.6 Å². The number of nitrogens with zero attached hydrogens (tertiary/aromatic N) is 1. The van der Waals surface area contributed by atoms with Gasteiger partial charge >= 0.3 is 0 Å². The number of amides is 2. The lowest BCUT2D eigenvalue weighted by Gasteiger charge is -2.17. The van der Waals surface area contributed by atoms with Crippen LogP contribution in [0, 0.1) is 11.7 Å². The van der Waals surface area contributed by atoms with Gasteiger partial charge in [-0.3, -0.25) is 9.59 Å². The molecule has 3 fully saturated rings. The maximum absolute atomic E-state index is 13.9. The standard InChI is InChI=1S/C23H23FN2O2/c24-20-9-5-4-8-16(20)18-11-19(18)23(28)25-15-10-22(27)26(13-15)21-12-17(21)14-6-2-1-3-7-14/h1-9,15,17-19,21H,10-13H2,(H,25,28)/t15-,17-,18+,19-,21-/m1/s1. The van der Waals surface area contributed by atoms with E-state index in [9.17, 15) is 14.0 Å². The van der Waals surface area contributed by atoms with E-state index >= 15 is 0 Å². The second-order valence-electron chi connectivity index (χ2n) is 8.25. The van der Waals surface area contributed by atoms with Crippen molar-refractivity contribution in [3.63, 3.8) is 0 Å². The molecule has 2 aromatic rings. The molecule has 5 atom stereocenters. The first-order valence-corrected chi connectivity index (χ1v) is 10.0. The summed E-state index contributed by atoms with van der Waals surface area (Å²) in [4.78, 5) is 27.0. The minimum atomic E-state index is -0.245. The Labute approximate surface area is 163 Å². The van der Waals surface area contributed by atoms with Crippen LogP contribution in [0.1, 0.15) is 42.2 Å². The molecule has 28 heavy (non-hydrogen) atoms. The molecule has 0 radical (unpaired) electrons. The van der Waals surface area contributed by atoms with Crippen molar-refractivity contribution in [2.24, 2.45) is 5.92 Å². The van der Waals surface area contributed by atoms with Gasteiger partial charge in [-0.1, -0.05) is 48.5 Å². The SMILES string of the molecule is O=C(N[C@@H]1CC(=O)N([C@@H]2C[C@@H]2c2ccccc2)C1)[C@@H]1C[C@H]1c1ccccc1F. The van der Waals surface area contributed by atoms with E-state index in [2.05, 4.69) is 17.4 Å². The summed E-state index contributed by atoms with van der Waals surface area (Å²) >= 11 is 0. The molecule has 1 N–H and O–H groups in total.